The van der Waals surface area contributed by atoms with Gasteiger partial charge in [0.05, 0.1) is 18.8 Å². The van der Waals surface area contributed by atoms with Gasteiger partial charge in [0.1, 0.15) is 11.5 Å². The molecule has 17 heteroatoms. The highest BCUT2D eigenvalue weighted by molar-refractivity contribution is 7.86. The lowest BCUT2D eigenvalue weighted by Gasteiger charge is -2.28. The molecular formula is C28H34F3N5O8S. The summed E-state index contributed by atoms with van der Waals surface area (Å²) in [5, 5.41) is 11.1. The van der Waals surface area contributed by atoms with Crippen LogP contribution < -0.4 is 19.1 Å². The SMILES string of the molecule is CCOc1cc2c(nc1C(=O)NC)C(=N)N(CC(=O)c1cc(N(C)C)c(OS(=O)(=O)COC(=O)C(F)(F)F)c(C(C)(C)C)c1)C2. The number of fused-ring (bicyclic) bond motifs is 1. The minimum atomic E-state index is -5.40. The first-order chi connectivity index (χ1) is 20.7. The van der Waals surface area contributed by atoms with Gasteiger partial charge in [-0.15, -0.1) is 0 Å². The Morgan fingerprint density at radius 2 is 1.78 bits per heavy atom. The van der Waals surface area contributed by atoms with E-state index in [4.69, 9.17) is 14.3 Å². The Balaban J connectivity index is 1.96. The summed E-state index contributed by atoms with van der Waals surface area (Å²) in [6.45, 7) is 6.98. The molecule has 1 aliphatic heterocycles. The zero-order chi connectivity index (χ0) is 34.1. The number of hydrogen-bond acceptors (Lipinski definition) is 11. The summed E-state index contributed by atoms with van der Waals surface area (Å²) in [5.74, 6) is -5.45. The number of ketones is 1. The molecule has 1 amide bonds. The summed E-state index contributed by atoms with van der Waals surface area (Å²) in [7, 11) is -0.360. The monoisotopic (exact) mass is 657 g/mol. The normalized spacial score (nSPS) is 13.3. The molecule has 2 aromatic rings. The predicted molar refractivity (Wildman–Crippen MR) is 156 cm³/mol. The van der Waals surface area contributed by atoms with Crippen LogP contribution in [-0.2, 0) is 31.6 Å². The van der Waals surface area contributed by atoms with Gasteiger partial charge in [-0.25, -0.2) is 9.78 Å². The second-order valence-electron chi connectivity index (χ2n) is 11.2. The molecular weight excluding hydrogens is 623 g/mol. The average molecular weight is 658 g/mol. The average Bonchev–Trinajstić information content (AvgIpc) is 3.23. The van der Waals surface area contributed by atoms with Crippen molar-refractivity contribution in [1.82, 2.24) is 15.2 Å². The molecule has 1 aromatic heterocycles. The van der Waals surface area contributed by atoms with Crippen LogP contribution in [0, 0.1) is 5.41 Å². The fourth-order valence-corrected chi connectivity index (χ4v) is 5.08. The Labute approximate surface area is 258 Å². The number of amidine groups is 1. The molecule has 0 atom stereocenters. The number of anilines is 1. The maximum Gasteiger partial charge on any atom is 0.490 e. The number of aromatic nitrogens is 1. The minimum Gasteiger partial charge on any atom is -0.491 e. The summed E-state index contributed by atoms with van der Waals surface area (Å²) in [5.41, 5.74) is 0.411. The van der Waals surface area contributed by atoms with Crippen LogP contribution in [0.2, 0.25) is 0 Å². The molecule has 3 rings (SSSR count). The molecule has 2 heterocycles. The van der Waals surface area contributed by atoms with Crippen LogP contribution >= 0.6 is 0 Å². The van der Waals surface area contributed by atoms with Gasteiger partial charge in [-0.2, -0.15) is 21.6 Å². The number of carbonyl (C=O) groups excluding carboxylic acids is 3. The number of alkyl halides is 3. The zero-order valence-electron chi connectivity index (χ0n) is 25.7. The van der Waals surface area contributed by atoms with Crippen LogP contribution in [0.3, 0.4) is 0 Å². The van der Waals surface area contributed by atoms with Crippen LogP contribution in [0.5, 0.6) is 11.5 Å². The fraction of sp³-hybridized carbons (Fsp3) is 0.464. The molecule has 2 N–H and O–H groups in total. The quantitative estimate of drug-likeness (QED) is 0.207. The molecule has 0 spiro atoms. The number of nitrogens with zero attached hydrogens (tertiary/aromatic N) is 3. The lowest BCUT2D eigenvalue weighted by atomic mass is 9.84. The smallest absolute Gasteiger partial charge is 0.490 e. The second-order valence-corrected chi connectivity index (χ2v) is 12.7. The van der Waals surface area contributed by atoms with Gasteiger partial charge in [0.15, 0.2) is 23.0 Å². The molecule has 0 aliphatic carbocycles. The van der Waals surface area contributed by atoms with Crippen molar-refractivity contribution in [1.29, 1.82) is 5.41 Å². The van der Waals surface area contributed by atoms with Gasteiger partial charge < -0.3 is 28.8 Å². The van der Waals surface area contributed by atoms with E-state index in [1.165, 1.54) is 43.1 Å². The van der Waals surface area contributed by atoms with E-state index in [1.807, 2.05) is 0 Å². The molecule has 0 saturated heterocycles. The second kappa shape index (κ2) is 12.9. The number of pyridine rings is 1. The first kappa shape index (κ1) is 35.1. The third kappa shape index (κ3) is 8.01. The maximum atomic E-state index is 13.6. The Bertz CT molecular complexity index is 1640. The first-order valence-corrected chi connectivity index (χ1v) is 15.1. The minimum absolute atomic E-state index is 0.000170. The van der Waals surface area contributed by atoms with Gasteiger partial charge in [0, 0.05) is 44.4 Å². The largest absolute Gasteiger partial charge is 0.491 e. The molecule has 246 valence electrons. The van der Waals surface area contributed by atoms with E-state index in [2.05, 4.69) is 15.0 Å². The Morgan fingerprint density at radius 1 is 1.13 bits per heavy atom. The summed E-state index contributed by atoms with van der Waals surface area (Å²) < 4.78 is 77.4. The number of Topliss-reactive ketones (excluding diaryl/α,β-unsaturated/α-hetero) is 1. The number of nitrogens with one attached hydrogen (secondary N) is 2. The molecule has 1 aromatic carbocycles. The van der Waals surface area contributed by atoms with Crippen LogP contribution in [0.25, 0.3) is 0 Å². The van der Waals surface area contributed by atoms with E-state index >= 15 is 0 Å². The molecule has 13 nitrogen and oxygen atoms in total. The van der Waals surface area contributed by atoms with E-state index in [0.717, 1.165) is 0 Å². The highest BCUT2D eigenvalue weighted by Gasteiger charge is 2.42. The molecule has 45 heavy (non-hydrogen) atoms. The number of esters is 1. The van der Waals surface area contributed by atoms with E-state index in [9.17, 15) is 36.0 Å². The number of benzene rings is 1. The van der Waals surface area contributed by atoms with Crippen LogP contribution in [0.1, 0.15) is 65.4 Å². The molecule has 1 aliphatic rings. The Hall–Kier alpha value is -4.41. The van der Waals surface area contributed by atoms with Crippen molar-refractivity contribution in [3.63, 3.8) is 0 Å². The third-order valence-electron chi connectivity index (χ3n) is 6.50. The zero-order valence-corrected chi connectivity index (χ0v) is 26.5. The van der Waals surface area contributed by atoms with Crippen molar-refractivity contribution in [2.24, 2.45) is 0 Å². The summed E-state index contributed by atoms with van der Waals surface area (Å²) in [6, 6.07) is 4.37. The van der Waals surface area contributed by atoms with Gasteiger partial charge >= 0.3 is 22.3 Å². The number of ether oxygens (including phenoxy) is 2. The molecule has 0 fully saturated rings. The van der Waals surface area contributed by atoms with Crippen LogP contribution in [0.4, 0.5) is 18.9 Å². The lowest BCUT2D eigenvalue weighted by Crippen LogP contribution is -2.31. The first-order valence-electron chi connectivity index (χ1n) is 13.5. The molecule has 0 bridgehead atoms. The highest BCUT2D eigenvalue weighted by Crippen LogP contribution is 2.41. The maximum absolute atomic E-state index is 13.6. The standard InChI is InChI=1S/C28H34F3N5O8S/c1-8-42-20-11-16-12-36(24(32)21(16)34-22(20)25(38)33-5)13-19(37)15-9-17(27(2,3)4)23(18(10-15)35(6)7)44-45(40,41)14-43-26(39)28(29,30)31/h9-11,32H,8,12-14H2,1-7H3,(H,33,38). The third-order valence-corrected chi connectivity index (χ3v) is 7.33. The number of hydrogen-bond donors (Lipinski definition) is 2. The Kier molecular flexibility index (Phi) is 10.1. The van der Waals surface area contributed by atoms with Gasteiger partial charge in [0.25, 0.3) is 5.91 Å². The van der Waals surface area contributed by atoms with Crippen molar-refractivity contribution in [2.45, 2.75) is 45.8 Å². The number of rotatable bonds is 11. The van der Waals surface area contributed by atoms with Gasteiger partial charge in [-0.3, -0.25) is 15.0 Å². The van der Waals surface area contributed by atoms with E-state index in [0.29, 0.717) is 5.56 Å². The summed E-state index contributed by atoms with van der Waals surface area (Å²) >= 11 is 0. The van der Waals surface area contributed by atoms with Crippen molar-refractivity contribution < 1.29 is 49.6 Å². The summed E-state index contributed by atoms with van der Waals surface area (Å²) in [6.07, 6.45) is -5.40. The van der Waals surface area contributed by atoms with Crippen LogP contribution in [0.15, 0.2) is 18.2 Å². The highest BCUT2D eigenvalue weighted by atomic mass is 32.2. The van der Waals surface area contributed by atoms with Crippen molar-refractivity contribution in [3.8, 4) is 11.5 Å². The summed E-state index contributed by atoms with van der Waals surface area (Å²) in [4.78, 5) is 44.3. The van der Waals surface area contributed by atoms with Gasteiger partial charge in [-0.1, -0.05) is 20.8 Å². The predicted octanol–water partition coefficient (Wildman–Crippen LogP) is 3.00. The number of amides is 1. The van der Waals surface area contributed by atoms with Crippen molar-refractivity contribution in [3.05, 3.63) is 46.3 Å². The molecule has 0 radical (unpaired) electrons. The Morgan fingerprint density at radius 3 is 2.31 bits per heavy atom. The van der Waals surface area contributed by atoms with Gasteiger partial charge in [0.2, 0.25) is 5.94 Å². The molecule has 0 saturated carbocycles. The van der Waals surface area contributed by atoms with Crippen molar-refractivity contribution in [2.75, 3.05) is 45.1 Å². The topological polar surface area (TPSA) is 168 Å². The van der Waals surface area contributed by atoms with E-state index in [-0.39, 0.29) is 65.2 Å². The number of halogens is 3. The van der Waals surface area contributed by atoms with E-state index < -0.39 is 45.3 Å². The van der Waals surface area contributed by atoms with E-state index in [1.54, 1.807) is 33.8 Å². The lowest BCUT2D eigenvalue weighted by molar-refractivity contribution is -0.197. The fourth-order valence-electron chi connectivity index (χ4n) is 4.35. The van der Waals surface area contributed by atoms with Crippen molar-refractivity contribution >= 4 is 39.3 Å². The number of carbonyl (C=O) groups is 3. The van der Waals surface area contributed by atoms with Crippen LogP contribution in [-0.4, -0.2) is 88.2 Å². The van der Waals surface area contributed by atoms with Gasteiger partial charge in [-0.05, 0) is 30.5 Å². The molecule has 0 unspecified atom stereocenters.